The summed E-state index contributed by atoms with van der Waals surface area (Å²) in [5, 5.41) is 3.59. The summed E-state index contributed by atoms with van der Waals surface area (Å²) in [6.45, 7) is 3.13. The van der Waals surface area contributed by atoms with Crippen LogP contribution >= 0.6 is 0 Å². The fourth-order valence-corrected chi connectivity index (χ4v) is 2.10. The van der Waals surface area contributed by atoms with Crippen LogP contribution in [0.25, 0.3) is 0 Å². The fourth-order valence-electron chi connectivity index (χ4n) is 2.10. The van der Waals surface area contributed by atoms with Gasteiger partial charge in [-0.25, -0.2) is 0 Å². The summed E-state index contributed by atoms with van der Waals surface area (Å²) >= 11 is 0. The van der Waals surface area contributed by atoms with Crippen LogP contribution in [-0.4, -0.2) is 18.9 Å². The van der Waals surface area contributed by atoms with Gasteiger partial charge >= 0.3 is 0 Å². The Morgan fingerprint density at radius 3 is 2.71 bits per heavy atom. The number of carbonyl (C=O) groups is 1. The molecule has 0 heterocycles. The highest BCUT2D eigenvalue weighted by Gasteiger charge is 2.13. The van der Waals surface area contributed by atoms with Crippen LogP contribution in [0.2, 0.25) is 0 Å². The minimum absolute atomic E-state index is 0.251. The molecule has 1 N–H and O–H groups in total. The van der Waals surface area contributed by atoms with Gasteiger partial charge in [-0.15, -0.1) is 0 Å². The second-order valence-electron chi connectivity index (χ2n) is 4.54. The summed E-state index contributed by atoms with van der Waals surface area (Å²) < 4.78 is 0. The lowest BCUT2D eigenvalue weighted by Crippen LogP contribution is -2.26. The van der Waals surface area contributed by atoms with Gasteiger partial charge in [-0.2, -0.15) is 0 Å². The van der Waals surface area contributed by atoms with E-state index in [-0.39, 0.29) is 5.92 Å². The highest BCUT2D eigenvalue weighted by Crippen LogP contribution is 2.17. The first-order chi connectivity index (χ1) is 6.83. The molecule has 1 unspecified atom stereocenters. The number of unbranched alkanes of at least 4 members (excludes halogenated alkanes) is 1. The van der Waals surface area contributed by atoms with E-state index >= 15 is 0 Å². The van der Waals surface area contributed by atoms with Crippen LogP contribution < -0.4 is 5.32 Å². The minimum atomic E-state index is 0.251. The molecule has 1 aliphatic carbocycles. The standard InChI is InChI=1S/C12H23NO/c1-11(10-14)6-4-5-9-13-12-7-2-3-8-12/h10-13H,2-9H2,1H3. The topological polar surface area (TPSA) is 29.1 Å². The van der Waals surface area contributed by atoms with Crippen molar-refractivity contribution in [2.75, 3.05) is 6.54 Å². The van der Waals surface area contributed by atoms with Gasteiger partial charge in [-0.3, -0.25) is 0 Å². The van der Waals surface area contributed by atoms with E-state index < -0.39 is 0 Å². The summed E-state index contributed by atoms with van der Waals surface area (Å²) in [4.78, 5) is 10.4. The van der Waals surface area contributed by atoms with E-state index in [4.69, 9.17) is 0 Å². The quantitative estimate of drug-likeness (QED) is 0.502. The summed E-state index contributed by atoms with van der Waals surface area (Å²) in [7, 11) is 0. The van der Waals surface area contributed by atoms with Crippen molar-refractivity contribution < 1.29 is 4.79 Å². The van der Waals surface area contributed by atoms with Gasteiger partial charge in [-0.1, -0.05) is 26.2 Å². The molecular weight excluding hydrogens is 174 g/mol. The molecule has 0 aromatic rings. The molecule has 0 bridgehead atoms. The van der Waals surface area contributed by atoms with E-state index in [9.17, 15) is 4.79 Å². The second-order valence-corrected chi connectivity index (χ2v) is 4.54. The Bertz CT molecular complexity index is 152. The lowest BCUT2D eigenvalue weighted by Gasteiger charge is -2.11. The molecule has 1 atom stereocenters. The van der Waals surface area contributed by atoms with Crippen molar-refractivity contribution in [1.82, 2.24) is 5.32 Å². The Labute approximate surface area is 87.5 Å². The molecule has 1 fully saturated rings. The molecule has 1 saturated carbocycles. The Hall–Kier alpha value is -0.370. The molecule has 82 valence electrons. The van der Waals surface area contributed by atoms with E-state index in [1.165, 1.54) is 38.5 Å². The van der Waals surface area contributed by atoms with Crippen LogP contribution in [0.15, 0.2) is 0 Å². The van der Waals surface area contributed by atoms with Crippen LogP contribution in [0.4, 0.5) is 0 Å². The molecule has 0 aromatic heterocycles. The number of aldehydes is 1. The zero-order chi connectivity index (χ0) is 10.2. The molecule has 2 heteroatoms. The molecule has 1 rings (SSSR count). The van der Waals surface area contributed by atoms with Crippen LogP contribution in [0.3, 0.4) is 0 Å². The van der Waals surface area contributed by atoms with E-state index in [1.807, 2.05) is 6.92 Å². The predicted octanol–water partition coefficient (Wildman–Crippen LogP) is 2.52. The number of hydrogen-bond donors (Lipinski definition) is 1. The lowest BCUT2D eigenvalue weighted by atomic mass is 10.1. The van der Waals surface area contributed by atoms with E-state index in [0.29, 0.717) is 0 Å². The maximum Gasteiger partial charge on any atom is 0.122 e. The van der Waals surface area contributed by atoms with Crippen LogP contribution in [0.5, 0.6) is 0 Å². The summed E-state index contributed by atoms with van der Waals surface area (Å²) in [5.74, 6) is 0.251. The van der Waals surface area contributed by atoms with E-state index in [1.54, 1.807) is 0 Å². The molecule has 14 heavy (non-hydrogen) atoms. The molecule has 0 amide bonds. The SMILES string of the molecule is CC(C=O)CCCCNC1CCCC1. The molecule has 2 nitrogen and oxygen atoms in total. The minimum Gasteiger partial charge on any atom is -0.314 e. The van der Waals surface area contributed by atoms with Gasteiger partial charge in [0.2, 0.25) is 0 Å². The number of rotatable bonds is 7. The third-order valence-corrected chi connectivity index (χ3v) is 3.11. The van der Waals surface area contributed by atoms with Crippen molar-refractivity contribution in [2.24, 2.45) is 5.92 Å². The summed E-state index contributed by atoms with van der Waals surface area (Å²) in [5.41, 5.74) is 0. The Balaban J connectivity index is 1.86. The zero-order valence-electron chi connectivity index (χ0n) is 9.30. The van der Waals surface area contributed by atoms with Crippen molar-refractivity contribution in [3.63, 3.8) is 0 Å². The van der Waals surface area contributed by atoms with Gasteiger partial charge in [-0.05, 0) is 32.2 Å². The molecule has 0 radical (unpaired) electrons. The first kappa shape index (κ1) is 11.7. The first-order valence-electron chi connectivity index (χ1n) is 6.01. The Morgan fingerprint density at radius 2 is 2.07 bits per heavy atom. The fraction of sp³-hybridized carbons (Fsp3) is 0.917. The Kier molecular flexibility index (Phi) is 5.85. The first-order valence-corrected chi connectivity index (χ1v) is 6.01. The van der Waals surface area contributed by atoms with Gasteiger partial charge in [0, 0.05) is 12.0 Å². The highest BCUT2D eigenvalue weighted by molar-refractivity contribution is 5.52. The molecule has 0 saturated heterocycles. The second kappa shape index (κ2) is 6.99. The van der Waals surface area contributed by atoms with Crippen molar-refractivity contribution in [3.05, 3.63) is 0 Å². The largest absolute Gasteiger partial charge is 0.314 e. The van der Waals surface area contributed by atoms with Crippen molar-refractivity contribution in [3.8, 4) is 0 Å². The molecule has 1 aliphatic rings. The van der Waals surface area contributed by atoms with Gasteiger partial charge in [0.1, 0.15) is 6.29 Å². The average Bonchev–Trinajstić information content (AvgIpc) is 2.69. The smallest absolute Gasteiger partial charge is 0.122 e. The van der Waals surface area contributed by atoms with E-state index in [2.05, 4.69) is 5.32 Å². The van der Waals surface area contributed by atoms with Gasteiger partial charge in [0.15, 0.2) is 0 Å². The summed E-state index contributed by atoms with van der Waals surface area (Å²) in [6.07, 6.45) is 10.0. The van der Waals surface area contributed by atoms with E-state index in [0.717, 1.165) is 25.3 Å². The van der Waals surface area contributed by atoms with Crippen LogP contribution in [0, 0.1) is 5.92 Å². The lowest BCUT2D eigenvalue weighted by molar-refractivity contribution is -0.110. The highest BCUT2D eigenvalue weighted by atomic mass is 16.1. The van der Waals surface area contributed by atoms with Crippen molar-refractivity contribution in [2.45, 2.75) is 57.9 Å². The average molecular weight is 197 g/mol. The molecular formula is C12H23NO. The third-order valence-electron chi connectivity index (χ3n) is 3.11. The third kappa shape index (κ3) is 4.75. The molecule has 0 aliphatic heterocycles. The monoisotopic (exact) mass is 197 g/mol. The maximum absolute atomic E-state index is 10.4. The van der Waals surface area contributed by atoms with Crippen molar-refractivity contribution >= 4 is 6.29 Å². The normalized spacial score (nSPS) is 19.8. The number of carbonyl (C=O) groups excluding carboxylic acids is 1. The van der Waals surface area contributed by atoms with Crippen molar-refractivity contribution in [1.29, 1.82) is 0 Å². The van der Waals surface area contributed by atoms with Gasteiger partial charge in [0.05, 0.1) is 0 Å². The zero-order valence-corrected chi connectivity index (χ0v) is 9.30. The van der Waals surface area contributed by atoms with Crippen LogP contribution in [-0.2, 0) is 4.79 Å². The van der Waals surface area contributed by atoms with Gasteiger partial charge < -0.3 is 10.1 Å². The summed E-state index contributed by atoms with van der Waals surface area (Å²) in [6, 6.07) is 0.790. The Morgan fingerprint density at radius 1 is 1.36 bits per heavy atom. The molecule has 0 aromatic carbocycles. The predicted molar refractivity (Wildman–Crippen MR) is 59.3 cm³/mol. The van der Waals surface area contributed by atoms with Crippen LogP contribution in [0.1, 0.15) is 51.9 Å². The number of nitrogens with one attached hydrogen (secondary N) is 1. The number of hydrogen-bond acceptors (Lipinski definition) is 2. The van der Waals surface area contributed by atoms with Gasteiger partial charge in [0.25, 0.3) is 0 Å². The maximum atomic E-state index is 10.4. The molecule has 0 spiro atoms.